The van der Waals surface area contributed by atoms with Gasteiger partial charge in [0.15, 0.2) is 18.1 Å². The molecule has 1 amide bonds. The summed E-state index contributed by atoms with van der Waals surface area (Å²) in [5.41, 5.74) is 1.10. The van der Waals surface area contributed by atoms with E-state index < -0.39 is 0 Å². The molecule has 0 bridgehead atoms. The van der Waals surface area contributed by atoms with Crippen molar-refractivity contribution in [2.24, 2.45) is 11.8 Å². The van der Waals surface area contributed by atoms with Gasteiger partial charge in [-0.2, -0.15) is 0 Å². The van der Waals surface area contributed by atoms with E-state index in [1.54, 1.807) is 0 Å². The number of carbonyl (C=O) groups is 1. The first-order chi connectivity index (χ1) is 13.8. The van der Waals surface area contributed by atoms with Crippen LogP contribution >= 0.6 is 12.4 Å². The van der Waals surface area contributed by atoms with Gasteiger partial charge in [0.25, 0.3) is 5.91 Å². The third kappa shape index (κ3) is 5.64. The van der Waals surface area contributed by atoms with Gasteiger partial charge >= 0.3 is 0 Å². The van der Waals surface area contributed by atoms with E-state index in [9.17, 15) is 4.79 Å². The Bertz CT molecular complexity index is 773. The number of hydrogen-bond acceptors (Lipinski definition) is 4. The van der Waals surface area contributed by atoms with Gasteiger partial charge in [0, 0.05) is 13.1 Å². The number of halogens is 1. The molecule has 2 aromatic rings. The second-order valence-corrected chi connectivity index (χ2v) is 7.65. The second kappa shape index (κ2) is 10.5. The minimum atomic E-state index is 0. The molecule has 2 fully saturated rings. The average molecular weight is 417 g/mol. The number of hydrogen-bond donors (Lipinski definition) is 1. The lowest BCUT2D eigenvalue weighted by Gasteiger charge is -2.21. The molecule has 0 unspecified atom stereocenters. The summed E-state index contributed by atoms with van der Waals surface area (Å²) in [6.45, 7) is 4.37. The third-order valence-corrected chi connectivity index (χ3v) is 5.81. The largest absolute Gasteiger partial charge is 0.485 e. The van der Waals surface area contributed by atoms with E-state index in [2.05, 4.69) is 5.32 Å². The van der Waals surface area contributed by atoms with E-state index in [1.807, 2.05) is 59.5 Å². The number of nitrogens with zero attached hydrogens (tertiary/aromatic N) is 1. The number of nitrogens with one attached hydrogen (secondary N) is 1. The van der Waals surface area contributed by atoms with Crippen molar-refractivity contribution < 1.29 is 14.3 Å². The Kier molecular flexibility index (Phi) is 7.78. The summed E-state index contributed by atoms with van der Waals surface area (Å²) in [6, 6.07) is 17.6. The maximum absolute atomic E-state index is 12.7. The van der Waals surface area contributed by atoms with Crippen LogP contribution in [-0.2, 0) is 11.4 Å². The molecule has 6 heteroatoms. The van der Waals surface area contributed by atoms with Gasteiger partial charge in [0.1, 0.15) is 6.61 Å². The Balaban J connectivity index is 0.00000240. The summed E-state index contributed by atoms with van der Waals surface area (Å²) in [5, 5.41) is 3.47. The van der Waals surface area contributed by atoms with E-state index in [0.29, 0.717) is 29.9 Å². The smallest absolute Gasteiger partial charge is 0.260 e. The molecular weight excluding hydrogens is 388 g/mol. The zero-order chi connectivity index (χ0) is 19.2. The van der Waals surface area contributed by atoms with Gasteiger partial charge in [-0.05, 0) is 55.5 Å². The second-order valence-electron chi connectivity index (χ2n) is 7.65. The highest BCUT2D eigenvalue weighted by Gasteiger charge is 2.31. The van der Waals surface area contributed by atoms with Crippen molar-refractivity contribution in [1.82, 2.24) is 10.2 Å². The summed E-state index contributed by atoms with van der Waals surface area (Å²) in [6.07, 6.45) is 2.17. The van der Waals surface area contributed by atoms with E-state index in [1.165, 1.54) is 0 Å². The van der Waals surface area contributed by atoms with Crippen LogP contribution in [0.25, 0.3) is 0 Å². The molecule has 0 aromatic heterocycles. The van der Waals surface area contributed by atoms with Crippen molar-refractivity contribution in [2.75, 3.05) is 32.8 Å². The van der Waals surface area contributed by atoms with Crippen molar-refractivity contribution in [1.29, 1.82) is 0 Å². The van der Waals surface area contributed by atoms with Gasteiger partial charge < -0.3 is 19.7 Å². The molecule has 1 N–H and O–H groups in total. The fraction of sp³-hybridized carbons (Fsp3) is 0.435. The molecule has 5 nitrogen and oxygen atoms in total. The van der Waals surface area contributed by atoms with Crippen LogP contribution in [0.4, 0.5) is 0 Å². The van der Waals surface area contributed by atoms with Crippen LogP contribution in [0, 0.1) is 11.8 Å². The lowest BCUT2D eigenvalue weighted by molar-refractivity contribution is -0.133. The van der Waals surface area contributed by atoms with Crippen molar-refractivity contribution in [3.05, 3.63) is 60.2 Å². The lowest BCUT2D eigenvalue weighted by atomic mass is 9.92. The molecule has 29 heavy (non-hydrogen) atoms. The molecule has 156 valence electrons. The van der Waals surface area contributed by atoms with Crippen LogP contribution in [0.2, 0.25) is 0 Å². The quantitative estimate of drug-likeness (QED) is 0.782. The van der Waals surface area contributed by atoms with Gasteiger partial charge in [0.2, 0.25) is 0 Å². The number of carbonyl (C=O) groups excluding carboxylic acids is 1. The van der Waals surface area contributed by atoms with Crippen LogP contribution in [0.1, 0.15) is 18.4 Å². The van der Waals surface area contributed by atoms with Crippen molar-refractivity contribution in [3.8, 4) is 11.5 Å². The van der Waals surface area contributed by atoms with E-state index in [0.717, 1.165) is 44.6 Å². The molecule has 2 saturated heterocycles. The lowest BCUT2D eigenvalue weighted by Crippen LogP contribution is -2.36. The Labute approximate surface area is 178 Å². The van der Waals surface area contributed by atoms with Gasteiger partial charge in [-0.25, -0.2) is 0 Å². The number of fused-ring (bicyclic) bond motifs is 1. The molecule has 2 aromatic carbocycles. The Morgan fingerprint density at radius 1 is 0.897 bits per heavy atom. The highest BCUT2D eigenvalue weighted by atomic mass is 35.5. The van der Waals surface area contributed by atoms with Crippen LogP contribution in [-0.4, -0.2) is 43.6 Å². The summed E-state index contributed by atoms with van der Waals surface area (Å²) < 4.78 is 11.8. The zero-order valence-corrected chi connectivity index (χ0v) is 17.4. The SMILES string of the molecule is Cl.O=C(COc1ccccc1OCc1ccccc1)N1CC[C@@H]2CNC[C@@H]2CC1. The zero-order valence-electron chi connectivity index (χ0n) is 16.6. The molecule has 4 rings (SSSR count). The summed E-state index contributed by atoms with van der Waals surface area (Å²) in [7, 11) is 0. The van der Waals surface area contributed by atoms with Crippen LogP contribution in [0.15, 0.2) is 54.6 Å². The van der Waals surface area contributed by atoms with Crippen LogP contribution in [0.5, 0.6) is 11.5 Å². The first-order valence-electron chi connectivity index (χ1n) is 10.2. The van der Waals surface area contributed by atoms with Crippen LogP contribution in [0.3, 0.4) is 0 Å². The minimum absolute atomic E-state index is 0. The monoisotopic (exact) mass is 416 g/mol. The molecule has 2 heterocycles. The van der Waals surface area contributed by atoms with Gasteiger partial charge in [-0.15, -0.1) is 12.4 Å². The predicted octanol–water partition coefficient (Wildman–Crippen LogP) is 3.52. The average Bonchev–Trinajstić information content (AvgIpc) is 3.10. The summed E-state index contributed by atoms with van der Waals surface area (Å²) in [5.74, 6) is 2.76. The fourth-order valence-corrected chi connectivity index (χ4v) is 4.12. The van der Waals surface area contributed by atoms with Gasteiger partial charge in [-0.1, -0.05) is 42.5 Å². The predicted molar refractivity (Wildman–Crippen MR) is 116 cm³/mol. The highest BCUT2D eigenvalue weighted by Crippen LogP contribution is 2.29. The van der Waals surface area contributed by atoms with Crippen molar-refractivity contribution >= 4 is 18.3 Å². The number of benzene rings is 2. The minimum Gasteiger partial charge on any atom is -0.485 e. The van der Waals surface area contributed by atoms with Gasteiger partial charge in [-0.3, -0.25) is 4.79 Å². The maximum Gasteiger partial charge on any atom is 0.260 e. The third-order valence-electron chi connectivity index (χ3n) is 5.81. The number of para-hydroxylation sites is 2. The molecule has 2 atom stereocenters. The van der Waals surface area contributed by atoms with Gasteiger partial charge in [0.05, 0.1) is 0 Å². The first kappa shape index (κ1) is 21.5. The normalized spacial score (nSPS) is 20.9. The van der Waals surface area contributed by atoms with E-state index in [-0.39, 0.29) is 24.9 Å². The molecule has 0 radical (unpaired) electrons. The Morgan fingerprint density at radius 2 is 1.48 bits per heavy atom. The topological polar surface area (TPSA) is 50.8 Å². The van der Waals surface area contributed by atoms with Crippen molar-refractivity contribution in [3.63, 3.8) is 0 Å². The summed E-state index contributed by atoms with van der Waals surface area (Å²) in [4.78, 5) is 14.6. The molecule has 2 aliphatic heterocycles. The Hall–Kier alpha value is -2.24. The summed E-state index contributed by atoms with van der Waals surface area (Å²) >= 11 is 0. The fourth-order valence-electron chi connectivity index (χ4n) is 4.12. The molecule has 0 spiro atoms. The number of likely N-dealkylation sites (tertiary alicyclic amines) is 1. The number of amides is 1. The number of ether oxygens (including phenoxy) is 2. The molecule has 2 aliphatic rings. The Morgan fingerprint density at radius 3 is 2.14 bits per heavy atom. The molecule has 0 aliphatic carbocycles. The van der Waals surface area contributed by atoms with E-state index in [4.69, 9.17) is 9.47 Å². The van der Waals surface area contributed by atoms with E-state index >= 15 is 0 Å². The highest BCUT2D eigenvalue weighted by molar-refractivity contribution is 5.85. The number of rotatable bonds is 6. The molecule has 0 saturated carbocycles. The van der Waals surface area contributed by atoms with Crippen molar-refractivity contribution in [2.45, 2.75) is 19.4 Å². The van der Waals surface area contributed by atoms with Crippen LogP contribution < -0.4 is 14.8 Å². The standard InChI is InChI=1S/C23H28N2O3.ClH/c26-23(25-12-10-19-14-24-15-20(19)11-13-25)17-28-22-9-5-4-8-21(22)27-16-18-6-2-1-3-7-18;/h1-9,19-20,24H,10-17H2;1H/t19-,20+;. The first-order valence-corrected chi connectivity index (χ1v) is 10.2. The maximum atomic E-state index is 12.7. The molecular formula is C23H29ClN2O3.